The van der Waals surface area contributed by atoms with Crippen molar-refractivity contribution in [3.63, 3.8) is 0 Å². The zero-order valence-corrected chi connectivity index (χ0v) is 18.9. The van der Waals surface area contributed by atoms with Crippen LogP contribution >= 0.6 is 0 Å². The molecule has 162 valence electrons. The topological polar surface area (TPSA) is 31.2 Å². The first-order valence-corrected chi connectivity index (χ1v) is 11.2. The van der Waals surface area contributed by atoms with E-state index in [1.54, 1.807) is 0 Å². The molecule has 2 aromatic carbocycles. The van der Waals surface area contributed by atoms with Gasteiger partial charge in [0.2, 0.25) is 0 Å². The summed E-state index contributed by atoms with van der Waals surface area (Å²) >= 11 is 0. The molecule has 3 rings (SSSR count). The Balaban J connectivity index is 2.08. The molecule has 0 aliphatic heterocycles. The largest absolute Gasteiger partial charge is 0.499 e. The minimum atomic E-state index is -0.155. The van der Waals surface area contributed by atoms with E-state index >= 15 is 0 Å². The molecule has 0 fully saturated rings. The Morgan fingerprint density at radius 2 is 1.58 bits per heavy atom. The zero-order valence-electron chi connectivity index (χ0n) is 18.9. The molecule has 0 spiro atoms. The summed E-state index contributed by atoms with van der Waals surface area (Å²) < 4.78 is 7.45. The van der Waals surface area contributed by atoms with Gasteiger partial charge in [0.15, 0.2) is 0 Å². The summed E-state index contributed by atoms with van der Waals surface area (Å²) in [5.74, 6) is 0.791. The monoisotopic (exact) mass is 415 g/mol. The fourth-order valence-corrected chi connectivity index (χ4v) is 4.26. The Morgan fingerprint density at radius 3 is 2.10 bits per heavy atom. The smallest absolute Gasteiger partial charge is 0.255 e. The van der Waals surface area contributed by atoms with Gasteiger partial charge in [0, 0.05) is 17.7 Å². The molecule has 0 saturated carbocycles. The maximum absolute atomic E-state index is 13.9. The molecular formula is C28H33NO2. The second kappa shape index (κ2) is 10.8. The van der Waals surface area contributed by atoms with Gasteiger partial charge in [0.25, 0.3) is 5.56 Å². The highest BCUT2D eigenvalue weighted by Crippen LogP contribution is 2.27. The third-order valence-electron chi connectivity index (χ3n) is 5.73. The van der Waals surface area contributed by atoms with Gasteiger partial charge in [-0.2, -0.15) is 0 Å². The van der Waals surface area contributed by atoms with Crippen LogP contribution in [0.4, 0.5) is 0 Å². The van der Waals surface area contributed by atoms with Gasteiger partial charge in [-0.05, 0) is 55.9 Å². The van der Waals surface area contributed by atoms with E-state index < -0.39 is 0 Å². The number of ether oxygens (including phenoxy) is 1. The predicted molar refractivity (Wildman–Crippen MR) is 129 cm³/mol. The SMILES string of the molecule is C=C(CCCc1c(CC)cc(C)n(C(c2ccccc2)c2ccccc2)c1=O)OCC. The number of hydrogen-bond donors (Lipinski definition) is 0. The molecule has 3 aromatic rings. The van der Waals surface area contributed by atoms with Crippen molar-refractivity contribution in [1.82, 2.24) is 4.57 Å². The van der Waals surface area contributed by atoms with E-state index in [0.29, 0.717) is 6.61 Å². The maximum atomic E-state index is 13.9. The summed E-state index contributed by atoms with van der Waals surface area (Å²) in [6.45, 7) is 10.7. The second-order valence-corrected chi connectivity index (χ2v) is 7.87. The summed E-state index contributed by atoms with van der Waals surface area (Å²) in [4.78, 5) is 13.9. The lowest BCUT2D eigenvalue weighted by Crippen LogP contribution is -2.32. The van der Waals surface area contributed by atoms with Gasteiger partial charge in [-0.15, -0.1) is 0 Å². The highest BCUT2D eigenvalue weighted by molar-refractivity contribution is 5.36. The van der Waals surface area contributed by atoms with Crippen molar-refractivity contribution in [2.45, 2.75) is 52.5 Å². The highest BCUT2D eigenvalue weighted by Gasteiger charge is 2.22. The van der Waals surface area contributed by atoms with Gasteiger partial charge < -0.3 is 9.30 Å². The fraction of sp³-hybridized carbons (Fsp3) is 0.321. The number of pyridine rings is 1. The summed E-state index contributed by atoms with van der Waals surface area (Å²) in [5.41, 5.74) is 5.37. The first-order valence-electron chi connectivity index (χ1n) is 11.2. The summed E-state index contributed by atoms with van der Waals surface area (Å²) in [7, 11) is 0. The van der Waals surface area contributed by atoms with Crippen LogP contribution in [-0.4, -0.2) is 11.2 Å². The van der Waals surface area contributed by atoms with Crippen LogP contribution in [0.5, 0.6) is 0 Å². The maximum Gasteiger partial charge on any atom is 0.255 e. The van der Waals surface area contributed by atoms with E-state index in [1.807, 2.05) is 54.8 Å². The van der Waals surface area contributed by atoms with Gasteiger partial charge >= 0.3 is 0 Å². The number of aromatic nitrogens is 1. The van der Waals surface area contributed by atoms with E-state index in [2.05, 4.69) is 43.8 Å². The van der Waals surface area contributed by atoms with E-state index in [-0.39, 0.29) is 11.6 Å². The van der Waals surface area contributed by atoms with Crippen molar-refractivity contribution in [2.24, 2.45) is 0 Å². The van der Waals surface area contributed by atoms with E-state index in [1.165, 1.54) is 0 Å². The number of benzene rings is 2. The lowest BCUT2D eigenvalue weighted by molar-refractivity contribution is 0.219. The Kier molecular flexibility index (Phi) is 7.88. The average Bonchev–Trinajstić information content (AvgIpc) is 2.79. The molecule has 0 saturated heterocycles. The van der Waals surface area contributed by atoms with Crippen LogP contribution < -0.4 is 5.56 Å². The molecule has 1 heterocycles. The van der Waals surface area contributed by atoms with Crippen LogP contribution in [0.25, 0.3) is 0 Å². The van der Waals surface area contributed by atoms with Crippen molar-refractivity contribution >= 4 is 0 Å². The third kappa shape index (κ3) is 5.35. The van der Waals surface area contributed by atoms with Crippen LogP contribution in [0, 0.1) is 6.92 Å². The minimum Gasteiger partial charge on any atom is -0.499 e. The van der Waals surface area contributed by atoms with Crippen LogP contribution in [0.3, 0.4) is 0 Å². The van der Waals surface area contributed by atoms with Crippen molar-refractivity contribution in [1.29, 1.82) is 0 Å². The Hall–Kier alpha value is -3.07. The van der Waals surface area contributed by atoms with Crippen molar-refractivity contribution in [3.05, 3.63) is 117 Å². The molecule has 1 aromatic heterocycles. The van der Waals surface area contributed by atoms with Crippen LogP contribution in [-0.2, 0) is 17.6 Å². The molecular weight excluding hydrogens is 382 g/mol. The molecule has 0 aliphatic rings. The van der Waals surface area contributed by atoms with Gasteiger partial charge in [-0.25, -0.2) is 0 Å². The van der Waals surface area contributed by atoms with Crippen LogP contribution in [0.1, 0.15) is 60.7 Å². The summed E-state index contributed by atoms with van der Waals surface area (Å²) in [6.07, 6.45) is 3.20. The molecule has 3 nitrogen and oxygen atoms in total. The van der Waals surface area contributed by atoms with Crippen molar-refractivity contribution in [2.75, 3.05) is 6.61 Å². The standard InChI is InChI=1S/C28H33NO2/c1-5-23-20-21(3)29(28(30)26(23)19-13-14-22(4)31-6-2)27(24-15-9-7-10-16-24)25-17-11-8-12-18-25/h7-12,15-18,20,27H,4-6,13-14,19H2,1-3H3. The van der Waals surface area contributed by atoms with Crippen LogP contribution in [0.15, 0.2) is 83.9 Å². The van der Waals surface area contributed by atoms with E-state index in [9.17, 15) is 4.79 Å². The van der Waals surface area contributed by atoms with E-state index in [0.717, 1.165) is 59.4 Å². The molecule has 0 unspecified atom stereocenters. The molecule has 0 atom stereocenters. The van der Waals surface area contributed by atoms with E-state index in [4.69, 9.17) is 4.74 Å². The summed E-state index contributed by atoms with van der Waals surface area (Å²) in [6, 6.07) is 22.6. The summed E-state index contributed by atoms with van der Waals surface area (Å²) in [5, 5.41) is 0. The first kappa shape index (κ1) is 22.6. The highest BCUT2D eigenvalue weighted by atomic mass is 16.5. The normalized spacial score (nSPS) is 11.0. The fourth-order valence-electron chi connectivity index (χ4n) is 4.26. The number of rotatable bonds is 10. The average molecular weight is 416 g/mol. The Bertz CT molecular complexity index is 1010. The molecule has 0 radical (unpaired) electrons. The zero-order chi connectivity index (χ0) is 22.2. The van der Waals surface area contributed by atoms with Crippen molar-refractivity contribution < 1.29 is 4.74 Å². The lowest BCUT2D eigenvalue weighted by Gasteiger charge is -2.25. The number of hydrogen-bond acceptors (Lipinski definition) is 2. The van der Waals surface area contributed by atoms with Gasteiger partial charge in [0.05, 0.1) is 18.4 Å². The lowest BCUT2D eigenvalue weighted by atomic mass is 9.95. The molecule has 0 aliphatic carbocycles. The molecule has 0 amide bonds. The predicted octanol–water partition coefficient (Wildman–Crippen LogP) is 6.23. The van der Waals surface area contributed by atoms with Gasteiger partial charge in [-0.1, -0.05) is 74.2 Å². The third-order valence-corrected chi connectivity index (χ3v) is 5.73. The second-order valence-electron chi connectivity index (χ2n) is 7.87. The number of nitrogens with zero attached hydrogens (tertiary/aromatic N) is 1. The number of aryl methyl sites for hydroxylation is 2. The Labute approximate surface area is 186 Å². The quantitative estimate of drug-likeness (QED) is 0.368. The Morgan fingerprint density at radius 1 is 1.00 bits per heavy atom. The first-order chi connectivity index (χ1) is 15.1. The number of allylic oxidation sites excluding steroid dienone is 1. The minimum absolute atomic E-state index is 0.108. The van der Waals surface area contributed by atoms with Gasteiger partial charge in [0.1, 0.15) is 0 Å². The van der Waals surface area contributed by atoms with Crippen molar-refractivity contribution in [3.8, 4) is 0 Å². The molecule has 0 N–H and O–H groups in total. The molecule has 0 bridgehead atoms. The molecule has 31 heavy (non-hydrogen) atoms. The van der Waals surface area contributed by atoms with Gasteiger partial charge in [-0.3, -0.25) is 4.79 Å². The molecule has 3 heteroatoms. The van der Waals surface area contributed by atoms with Crippen LogP contribution in [0.2, 0.25) is 0 Å².